The highest BCUT2D eigenvalue weighted by molar-refractivity contribution is 7.99. The summed E-state index contributed by atoms with van der Waals surface area (Å²) in [5.41, 5.74) is 6.58. The lowest BCUT2D eigenvalue weighted by atomic mass is 10.1. The van der Waals surface area contributed by atoms with Crippen molar-refractivity contribution < 1.29 is 4.79 Å². The van der Waals surface area contributed by atoms with Crippen LogP contribution in [-0.2, 0) is 0 Å². The molecule has 3 N–H and O–H groups in total. The molecule has 1 aliphatic rings. The van der Waals surface area contributed by atoms with Crippen molar-refractivity contribution in [2.45, 2.75) is 6.42 Å². The van der Waals surface area contributed by atoms with Gasteiger partial charge in [0.25, 0.3) is 5.91 Å². The summed E-state index contributed by atoms with van der Waals surface area (Å²) in [5, 5.41) is 3.86. The van der Waals surface area contributed by atoms with Crippen LogP contribution in [0, 0.1) is 5.92 Å². The first-order valence-corrected chi connectivity index (χ1v) is 8.22. The van der Waals surface area contributed by atoms with Crippen molar-refractivity contribution in [1.82, 2.24) is 10.3 Å². The lowest BCUT2D eigenvalue weighted by Gasteiger charge is -2.09. The first-order valence-electron chi connectivity index (χ1n) is 6.24. The standard InChI is InChI=1S/C13H15N3OS2/c14-10-9-2-1-4-15-13(9)19-11(10)12(17)16-6-8-3-5-18-7-8/h1-2,4,8H,3,5-7,14H2,(H,16,17). The van der Waals surface area contributed by atoms with Gasteiger partial charge < -0.3 is 11.1 Å². The number of nitrogen functional groups attached to an aromatic ring is 1. The lowest BCUT2D eigenvalue weighted by molar-refractivity contribution is 0.0953. The molecule has 0 bridgehead atoms. The minimum Gasteiger partial charge on any atom is -0.397 e. The molecule has 0 aromatic carbocycles. The summed E-state index contributed by atoms with van der Waals surface area (Å²) in [5.74, 6) is 2.87. The number of carbonyl (C=O) groups excluding carboxylic acids is 1. The van der Waals surface area contributed by atoms with Gasteiger partial charge in [0.2, 0.25) is 0 Å². The normalized spacial score (nSPS) is 18.8. The van der Waals surface area contributed by atoms with Gasteiger partial charge >= 0.3 is 0 Å². The van der Waals surface area contributed by atoms with E-state index >= 15 is 0 Å². The second kappa shape index (κ2) is 5.38. The molecule has 1 aliphatic heterocycles. The molecular weight excluding hydrogens is 278 g/mol. The predicted octanol–water partition coefficient (Wildman–Crippen LogP) is 2.36. The van der Waals surface area contributed by atoms with Crippen LogP contribution in [-0.4, -0.2) is 28.9 Å². The van der Waals surface area contributed by atoms with Gasteiger partial charge in [0.1, 0.15) is 9.71 Å². The average Bonchev–Trinajstić information content (AvgIpc) is 3.05. The van der Waals surface area contributed by atoms with Crippen LogP contribution in [0.5, 0.6) is 0 Å². The first kappa shape index (κ1) is 12.7. The fourth-order valence-corrected chi connectivity index (χ4v) is 4.45. The van der Waals surface area contributed by atoms with Crippen molar-refractivity contribution in [3.63, 3.8) is 0 Å². The van der Waals surface area contributed by atoms with Crippen LogP contribution in [0.15, 0.2) is 18.3 Å². The number of nitrogens with two attached hydrogens (primary N) is 1. The molecule has 19 heavy (non-hydrogen) atoms. The number of hydrogen-bond acceptors (Lipinski definition) is 5. The van der Waals surface area contributed by atoms with Crippen molar-refractivity contribution in [2.75, 3.05) is 23.8 Å². The number of carbonyl (C=O) groups is 1. The molecule has 0 radical (unpaired) electrons. The van der Waals surface area contributed by atoms with Crippen LogP contribution in [0.3, 0.4) is 0 Å². The molecule has 2 aromatic rings. The van der Waals surface area contributed by atoms with Crippen molar-refractivity contribution in [2.24, 2.45) is 5.92 Å². The Morgan fingerprint density at radius 3 is 3.21 bits per heavy atom. The fraction of sp³-hybridized carbons (Fsp3) is 0.385. The Hall–Kier alpha value is -1.27. The van der Waals surface area contributed by atoms with Crippen LogP contribution in [0.4, 0.5) is 5.69 Å². The molecule has 1 atom stereocenters. The number of nitrogens with one attached hydrogen (secondary N) is 1. The Balaban J connectivity index is 1.75. The number of anilines is 1. The second-order valence-corrected chi connectivity index (χ2v) is 6.79. The quantitative estimate of drug-likeness (QED) is 0.911. The second-order valence-electron chi connectivity index (χ2n) is 4.64. The number of rotatable bonds is 3. The van der Waals surface area contributed by atoms with Crippen LogP contribution in [0.25, 0.3) is 10.2 Å². The molecule has 3 rings (SSSR count). The van der Waals surface area contributed by atoms with Crippen molar-refractivity contribution in [3.8, 4) is 0 Å². The van der Waals surface area contributed by atoms with Gasteiger partial charge in [-0.25, -0.2) is 4.98 Å². The summed E-state index contributed by atoms with van der Waals surface area (Å²) in [6, 6.07) is 3.74. The van der Waals surface area contributed by atoms with Crippen LogP contribution >= 0.6 is 23.1 Å². The molecule has 0 spiro atoms. The highest BCUT2D eigenvalue weighted by atomic mass is 32.2. The Morgan fingerprint density at radius 2 is 2.47 bits per heavy atom. The van der Waals surface area contributed by atoms with E-state index in [0.717, 1.165) is 22.5 Å². The third kappa shape index (κ3) is 2.55. The van der Waals surface area contributed by atoms with E-state index in [2.05, 4.69) is 10.3 Å². The third-order valence-corrected chi connectivity index (χ3v) is 5.65. The molecule has 0 saturated carbocycles. The molecule has 4 nitrogen and oxygen atoms in total. The zero-order valence-electron chi connectivity index (χ0n) is 10.4. The molecule has 100 valence electrons. The van der Waals surface area contributed by atoms with Crippen molar-refractivity contribution in [3.05, 3.63) is 23.2 Å². The molecule has 2 aromatic heterocycles. The number of nitrogens with zero attached hydrogens (tertiary/aromatic N) is 1. The van der Waals surface area contributed by atoms with E-state index in [1.165, 1.54) is 23.5 Å². The van der Waals surface area contributed by atoms with Gasteiger partial charge in [0.05, 0.1) is 5.69 Å². The molecule has 1 unspecified atom stereocenters. The van der Waals surface area contributed by atoms with Crippen molar-refractivity contribution >= 4 is 44.9 Å². The zero-order chi connectivity index (χ0) is 13.2. The van der Waals surface area contributed by atoms with Gasteiger partial charge in [0, 0.05) is 18.1 Å². The number of thioether (sulfide) groups is 1. The van der Waals surface area contributed by atoms with E-state index in [4.69, 9.17) is 5.73 Å². The molecule has 6 heteroatoms. The SMILES string of the molecule is Nc1c(C(=O)NCC2CCSC2)sc2ncccc12. The molecule has 1 fully saturated rings. The number of hydrogen-bond donors (Lipinski definition) is 2. The molecular formula is C13H15N3OS2. The van der Waals surface area contributed by atoms with E-state index < -0.39 is 0 Å². The largest absolute Gasteiger partial charge is 0.397 e. The summed E-state index contributed by atoms with van der Waals surface area (Å²) < 4.78 is 0. The number of pyridine rings is 1. The van der Waals surface area contributed by atoms with Gasteiger partial charge in [-0.05, 0) is 36.0 Å². The van der Waals surface area contributed by atoms with Gasteiger partial charge in [-0.1, -0.05) is 0 Å². The maximum atomic E-state index is 12.2. The summed E-state index contributed by atoms with van der Waals surface area (Å²) in [4.78, 5) is 17.8. The average molecular weight is 293 g/mol. The molecule has 1 saturated heterocycles. The van der Waals surface area contributed by atoms with Crippen molar-refractivity contribution in [1.29, 1.82) is 0 Å². The fourth-order valence-electron chi connectivity index (χ4n) is 2.18. The van der Waals surface area contributed by atoms with Gasteiger partial charge in [-0.15, -0.1) is 11.3 Å². The molecule has 0 aliphatic carbocycles. The topological polar surface area (TPSA) is 68.0 Å². The van der Waals surface area contributed by atoms with Gasteiger partial charge in [-0.2, -0.15) is 11.8 Å². The summed E-state index contributed by atoms with van der Waals surface area (Å²) >= 11 is 3.31. The van der Waals surface area contributed by atoms with Gasteiger partial charge in [0.15, 0.2) is 0 Å². The summed E-state index contributed by atoms with van der Waals surface area (Å²) in [6.07, 6.45) is 2.91. The van der Waals surface area contributed by atoms with E-state index in [1.54, 1.807) is 6.20 Å². The number of aromatic nitrogens is 1. The number of amides is 1. The van der Waals surface area contributed by atoms with E-state index in [9.17, 15) is 4.79 Å². The third-order valence-electron chi connectivity index (χ3n) is 3.29. The predicted molar refractivity (Wildman–Crippen MR) is 81.8 cm³/mol. The minimum absolute atomic E-state index is 0.0719. The van der Waals surface area contributed by atoms with E-state index in [1.807, 2.05) is 23.9 Å². The van der Waals surface area contributed by atoms with Crippen LogP contribution in [0.2, 0.25) is 0 Å². The zero-order valence-corrected chi connectivity index (χ0v) is 12.0. The van der Waals surface area contributed by atoms with E-state index in [0.29, 0.717) is 16.5 Å². The monoisotopic (exact) mass is 293 g/mol. The Labute approximate surface area is 119 Å². The van der Waals surface area contributed by atoms with E-state index in [-0.39, 0.29) is 5.91 Å². The highest BCUT2D eigenvalue weighted by Crippen LogP contribution is 2.32. The first-order chi connectivity index (χ1) is 9.25. The van der Waals surface area contributed by atoms with Crippen LogP contribution in [0.1, 0.15) is 16.1 Å². The lowest BCUT2D eigenvalue weighted by Crippen LogP contribution is -2.29. The molecule has 3 heterocycles. The summed E-state index contributed by atoms with van der Waals surface area (Å²) in [7, 11) is 0. The maximum absolute atomic E-state index is 12.2. The maximum Gasteiger partial charge on any atom is 0.263 e. The van der Waals surface area contributed by atoms with Crippen LogP contribution < -0.4 is 11.1 Å². The Bertz CT molecular complexity index is 605. The number of fused-ring (bicyclic) bond motifs is 1. The highest BCUT2D eigenvalue weighted by Gasteiger charge is 2.20. The Morgan fingerprint density at radius 1 is 1.58 bits per heavy atom. The van der Waals surface area contributed by atoms with Gasteiger partial charge in [-0.3, -0.25) is 4.79 Å². The number of thiophene rings is 1. The molecule has 1 amide bonds. The summed E-state index contributed by atoms with van der Waals surface area (Å²) in [6.45, 7) is 0.743. The minimum atomic E-state index is -0.0719. The smallest absolute Gasteiger partial charge is 0.263 e. The Kier molecular flexibility index (Phi) is 3.61.